The van der Waals surface area contributed by atoms with E-state index in [0.717, 1.165) is 24.0 Å². The first kappa shape index (κ1) is 21.7. The van der Waals surface area contributed by atoms with E-state index in [1.165, 1.54) is 0 Å². The van der Waals surface area contributed by atoms with Crippen LogP contribution in [0.3, 0.4) is 0 Å². The molecule has 32 heavy (non-hydrogen) atoms. The van der Waals surface area contributed by atoms with Gasteiger partial charge in [-0.15, -0.1) is 0 Å². The van der Waals surface area contributed by atoms with Crippen LogP contribution >= 0.6 is 0 Å². The average Bonchev–Trinajstić information content (AvgIpc) is 3.27. The molecule has 2 aromatic carbocycles. The summed E-state index contributed by atoms with van der Waals surface area (Å²) in [6.45, 7) is 3.39. The molecule has 1 aromatic heterocycles. The zero-order chi connectivity index (χ0) is 22.5. The number of rotatable bonds is 6. The molecule has 1 N–H and O–H groups in total. The highest BCUT2D eigenvalue weighted by Crippen LogP contribution is 2.30. The largest absolute Gasteiger partial charge is 0.493 e. The van der Waals surface area contributed by atoms with Crippen LogP contribution in [0.25, 0.3) is 11.4 Å². The van der Waals surface area contributed by atoms with Crippen LogP contribution in [0.15, 0.2) is 47.0 Å². The molecule has 1 unspecified atom stereocenters. The van der Waals surface area contributed by atoms with E-state index in [1.54, 1.807) is 32.4 Å². The summed E-state index contributed by atoms with van der Waals surface area (Å²) in [5.74, 6) is 2.67. The number of benzene rings is 2. The van der Waals surface area contributed by atoms with Gasteiger partial charge in [-0.1, -0.05) is 29.4 Å². The molecule has 3 aromatic rings. The molecule has 0 bridgehead atoms. The quantitative estimate of drug-likeness (QED) is 0.610. The Morgan fingerprint density at radius 3 is 2.78 bits per heavy atom. The van der Waals surface area contributed by atoms with Crippen LogP contribution in [0.5, 0.6) is 11.5 Å². The lowest BCUT2D eigenvalue weighted by molar-refractivity contribution is 0.173. The van der Waals surface area contributed by atoms with Crippen molar-refractivity contribution in [2.45, 2.75) is 26.2 Å². The number of hydrogen-bond acceptors (Lipinski definition) is 6. The van der Waals surface area contributed by atoms with Crippen LogP contribution in [-0.4, -0.2) is 48.4 Å². The minimum absolute atomic E-state index is 0.131. The van der Waals surface area contributed by atoms with Crippen molar-refractivity contribution in [1.29, 1.82) is 0 Å². The van der Waals surface area contributed by atoms with Crippen LogP contribution in [0.1, 0.15) is 24.3 Å². The van der Waals surface area contributed by atoms with Gasteiger partial charge in [0.05, 0.1) is 14.2 Å². The van der Waals surface area contributed by atoms with Crippen molar-refractivity contribution in [2.24, 2.45) is 5.92 Å². The summed E-state index contributed by atoms with van der Waals surface area (Å²) in [6, 6.07) is 13.2. The van der Waals surface area contributed by atoms with E-state index >= 15 is 0 Å². The Bertz CT molecular complexity index is 1080. The third kappa shape index (κ3) is 4.85. The number of amides is 2. The standard InChI is InChI=1S/C24H28N4O4/c1-16-7-4-5-9-19(16)23-26-22(32-27-23)13-17-8-6-12-28(15-17)24(29)25-18-10-11-20(30-2)21(14-18)31-3/h4-5,7,9-11,14,17H,6,8,12-13,15H2,1-3H3,(H,25,29). The number of piperidine rings is 1. The molecule has 1 aliphatic heterocycles. The molecule has 0 radical (unpaired) electrons. The smallest absolute Gasteiger partial charge is 0.321 e. The van der Waals surface area contributed by atoms with Crippen molar-refractivity contribution in [3.8, 4) is 22.9 Å². The van der Waals surface area contributed by atoms with Gasteiger partial charge in [0.15, 0.2) is 11.5 Å². The molecule has 1 saturated heterocycles. The first-order chi connectivity index (χ1) is 15.6. The predicted molar refractivity (Wildman–Crippen MR) is 121 cm³/mol. The molecule has 2 amide bonds. The zero-order valence-electron chi connectivity index (χ0n) is 18.6. The molecular weight excluding hydrogens is 408 g/mol. The summed E-state index contributed by atoms with van der Waals surface area (Å²) < 4.78 is 16.1. The van der Waals surface area contributed by atoms with Gasteiger partial charge in [0.2, 0.25) is 11.7 Å². The summed E-state index contributed by atoms with van der Waals surface area (Å²) in [4.78, 5) is 19.3. The van der Waals surface area contributed by atoms with Gasteiger partial charge in [-0.3, -0.25) is 0 Å². The monoisotopic (exact) mass is 436 g/mol. The second-order valence-corrected chi connectivity index (χ2v) is 7.98. The normalized spacial score (nSPS) is 16.0. The Kier molecular flexibility index (Phi) is 6.58. The van der Waals surface area contributed by atoms with E-state index in [4.69, 9.17) is 14.0 Å². The Labute approximate surface area is 187 Å². The van der Waals surface area contributed by atoms with Crippen molar-refractivity contribution in [3.63, 3.8) is 0 Å². The lowest BCUT2D eigenvalue weighted by atomic mass is 9.95. The van der Waals surface area contributed by atoms with Gasteiger partial charge in [-0.05, 0) is 43.4 Å². The van der Waals surface area contributed by atoms with Gasteiger partial charge in [-0.25, -0.2) is 4.79 Å². The van der Waals surface area contributed by atoms with Crippen molar-refractivity contribution < 1.29 is 18.8 Å². The molecule has 1 atom stereocenters. The lowest BCUT2D eigenvalue weighted by Crippen LogP contribution is -2.42. The highest BCUT2D eigenvalue weighted by molar-refractivity contribution is 5.89. The summed E-state index contributed by atoms with van der Waals surface area (Å²) in [5.41, 5.74) is 2.74. The third-order valence-corrected chi connectivity index (χ3v) is 5.76. The number of carbonyl (C=O) groups is 1. The SMILES string of the molecule is COc1ccc(NC(=O)N2CCCC(Cc3nc(-c4ccccc4C)no3)C2)cc1OC. The maximum absolute atomic E-state index is 12.8. The topological polar surface area (TPSA) is 89.7 Å². The number of ether oxygens (including phenoxy) is 2. The molecule has 8 heteroatoms. The first-order valence-corrected chi connectivity index (χ1v) is 10.7. The number of urea groups is 1. The van der Waals surface area contributed by atoms with Crippen molar-refractivity contribution in [3.05, 3.63) is 53.9 Å². The Morgan fingerprint density at radius 1 is 1.19 bits per heavy atom. The molecule has 0 saturated carbocycles. The van der Waals surface area contributed by atoms with Gasteiger partial charge in [0.25, 0.3) is 0 Å². The van der Waals surface area contributed by atoms with Crippen molar-refractivity contribution in [2.75, 3.05) is 32.6 Å². The number of hydrogen-bond donors (Lipinski definition) is 1. The number of aryl methyl sites for hydroxylation is 1. The summed E-state index contributed by atoms with van der Waals surface area (Å²) in [5, 5.41) is 7.11. The van der Waals surface area contributed by atoms with Gasteiger partial charge < -0.3 is 24.2 Å². The van der Waals surface area contributed by atoms with Gasteiger partial charge in [0.1, 0.15) is 0 Å². The Morgan fingerprint density at radius 2 is 2.00 bits per heavy atom. The number of likely N-dealkylation sites (tertiary alicyclic amines) is 1. The molecule has 0 aliphatic carbocycles. The number of aromatic nitrogens is 2. The fraction of sp³-hybridized carbons (Fsp3) is 0.375. The number of carbonyl (C=O) groups excluding carboxylic acids is 1. The number of anilines is 1. The van der Waals surface area contributed by atoms with E-state index < -0.39 is 0 Å². The summed E-state index contributed by atoms with van der Waals surface area (Å²) in [7, 11) is 3.15. The van der Waals surface area contributed by atoms with Gasteiger partial charge in [-0.2, -0.15) is 4.98 Å². The molecule has 168 valence electrons. The lowest BCUT2D eigenvalue weighted by Gasteiger charge is -2.32. The molecule has 8 nitrogen and oxygen atoms in total. The van der Waals surface area contributed by atoms with E-state index in [1.807, 2.05) is 36.1 Å². The molecule has 2 heterocycles. The fourth-order valence-corrected chi connectivity index (χ4v) is 4.05. The van der Waals surface area contributed by atoms with Crippen LogP contribution in [0, 0.1) is 12.8 Å². The summed E-state index contributed by atoms with van der Waals surface area (Å²) >= 11 is 0. The minimum atomic E-state index is -0.131. The predicted octanol–water partition coefficient (Wildman–Crippen LogP) is 4.55. The van der Waals surface area contributed by atoms with Crippen LogP contribution < -0.4 is 14.8 Å². The third-order valence-electron chi connectivity index (χ3n) is 5.76. The highest BCUT2D eigenvalue weighted by atomic mass is 16.5. The highest BCUT2D eigenvalue weighted by Gasteiger charge is 2.26. The van der Waals surface area contributed by atoms with Crippen molar-refractivity contribution >= 4 is 11.7 Å². The van der Waals surface area contributed by atoms with Gasteiger partial charge >= 0.3 is 6.03 Å². The summed E-state index contributed by atoms with van der Waals surface area (Å²) in [6.07, 6.45) is 2.60. The van der Waals surface area contributed by atoms with Crippen LogP contribution in [0.4, 0.5) is 10.5 Å². The molecule has 1 fully saturated rings. The Balaban J connectivity index is 1.37. The van der Waals surface area contributed by atoms with Crippen molar-refractivity contribution in [1.82, 2.24) is 15.0 Å². The maximum Gasteiger partial charge on any atom is 0.321 e. The molecule has 1 aliphatic rings. The van der Waals surface area contributed by atoms with Gasteiger partial charge in [0, 0.05) is 36.8 Å². The zero-order valence-corrected chi connectivity index (χ0v) is 18.6. The fourth-order valence-electron chi connectivity index (χ4n) is 4.05. The van der Waals surface area contributed by atoms with E-state index in [9.17, 15) is 4.79 Å². The maximum atomic E-state index is 12.8. The molecular formula is C24H28N4O4. The first-order valence-electron chi connectivity index (χ1n) is 10.7. The second kappa shape index (κ2) is 9.72. The number of methoxy groups -OCH3 is 2. The molecule has 4 rings (SSSR count). The Hall–Kier alpha value is -3.55. The van der Waals surface area contributed by atoms with E-state index in [0.29, 0.717) is 48.4 Å². The molecule has 0 spiro atoms. The van der Waals surface area contributed by atoms with Crippen LogP contribution in [0.2, 0.25) is 0 Å². The minimum Gasteiger partial charge on any atom is -0.493 e. The second-order valence-electron chi connectivity index (χ2n) is 7.98. The average molecular weight is 437 g/mol. The van der Waals surface area contributed by atoms with E-state index in [2.05, 4.69) is 15.5 Å². The van der Waals surface area contributed by atoms with Crippen LogP contribution in [-0.2, 0) is 6.42 Å². The number of nitrogens with zero attached hydrogens (tertiary/aromatic N) is 3. The van der Waals surface area contributed by atoms with E-state index in [-0.39, 0.29) is 11.9 Å². The number of nitrogens with one attached hydrogen (secondary N) is 1.